The molecule has 0 aromatic heterocycles. The molecule has 1 unspecified atom stereocenters. The van der Waals surface area contributed by atoms with E-state index in [1.807, 2.05) is 0 Å². The van der Waals surface area contributed by atoms with E-state index < -0.39 is 6.10 Å². The van der Waals surface area contributed by atoms with Gasteiger partial charge in [0.2, 0.25) is 0 Å². The Balaban J connectivity index is 3.99. The smallest absolute Gasteiger partial charge is 0.306 e. The lowest BCUT2D eigenvalue weighted by Crippen LogP contribution is -2.30. The fourth-order valence-electron chi connectivity index (χ4n) is 6.85. The molecular weight excluding hydrogens is 649 g/mol. The number of unbranched alkanes of at least 4 members (excludes halogenated alkanes) is 31. The van der Waals surface area contributed by atoms with E-state index in [1.165, 1.54) is 154 Å². The van der Waals surface area contributed by atoms with Crippen molar-refractivity contribution >= 4 is 17.9 Å². The highest BCUT2D eigenvalue weighted by atomic mass is 16.6. The number of carbonyl (C=O) groups is 3. The number of carbonyl (C=O) groups excluding carboxylic acids is 3. The van der Waals surface area contributed by atoms with Gasteiger partial charge in [0.05, 0.1) is 0 Å². The first-order valence-corrected chi connectivity index (χ1v) is 23.0. The van der Waals surface area contributed by atoms with Crippen LogP contribution in [-0.2, 0) is 28.6 Å². The van der Waals surface area contributed by atoms with Gasteiger partial charge in [-0.3, -0.25) is 14.4 Å². The van der Waals surface area contributed by atoms with E-state index in [9.17, 15) is 14.4 Å². The second-order valence-electron chi connectivity index (χ2n) is 15.7. The van der Waals surface area contributed by atoms with Crippen LogP contribution in [0.1, 0.15) is 258 Å². The average molecular weight is 737 g/mol. The molecule has 0 heterocycles. The molecule has 0 aliphatic carbocycles. The third kappa shape index (κ3) is 39.6. The molecule has 0 aromatic carbocycles. The van der Waals surface area contributed by atoms with Crippen LogP contribution in [0.25, 0.3) is 0 Å². The van der Waals surface area contributed by atoms with E-state index in [2.05, 4.69) is 20.8 Å². The standard InChI is InChI=1S/C46H88O6/c1-4-7-10-13-15-17-18-19-20-21-22-23-24-25-26-27-28-29-31-33-36-39-45(48)51-42-43(41-50-44(47)38-35-32-12-9-6-3)52-46(49)40-37-34-30-16-14-11-8-5-2/h43H,4-42H2,1-3H3. The summed E-state index contributed by atoms with van der Waals surface area (Å²) in [6.45, 7) is 6.54. The quantitative estimate of drug-likeness (QED) is 0.0353. The molecule has 0 fully saturated rings. The van der Waals surface area contributed by atoms with Gasteiger partial charge in [0.25, 0.3) is 0 Å². The predicted molar refractivity (Wildman–Crippen MR) is 220 cm³/mol. The van der Waals surface area contributed by atoms with Crippen molar-refractivity contribution in [1.82, 2.24) is 0 Å². The zero-order valence-corrected chi connectivity index (χ0v) is 35.1. The van der Waals surface area contributed by atoms with E-state index in [0.29, 0.717) is 19.3 Å². The van der Waals surface area contributed by atoms with Crippen molar-refractivity contribution in [3.05, 3.63) is 0 Å². The van der Waals surface area contributed by atoms with Gasteiger partial charge in [-0.05, 0) is 19.3 Å². The summed E-state index contributed by atoms with van der Waals surface area (Å²) in [5.74, 6) is -0.872. The highest BCUT2D eigenvalue weighted by Crippen LogP contribution is 2.16. The van der Waals surface area contributed by atoms with Crippen LogP contribution < -0.4 is 0 Å². The van der Waals surface area contributed by atoms with Crippen LogP contribution in [0.15, 0.2) is 0 Å². The van der Waals surface area contributed by atoms with Crippen LogP contribution in [-0.4, -0.2) is 37.2 Å². The Morgan fingerprint density at radius 1 is 0.308 bits per heavy atom. The summed E-state index contributed by atoms with van der Waals surface area (Å²) in [6.07, 6.45) is 42.8. The highest BCUT2D eigenvalue weighted by Gasteiger charge is 2.19. The van der Waals surface area contributed by atoms with E-state index in [1.54, 1.807) is 0 Å². The van der Waals surface area contributed by atoms with E-state index in [4.69, 9.17) is 14.2 Å². The lowest BCUT2D eigenvalue weighted by atomic mass is 10.0. The highest BCUT2D eigenvalue weighted by molar-refractivity contribution is 5.71. The Kier molecular flexibility index (Phi) is 40.9. The normalized spacial score (nSPS) is 11.8. The SMILES string of the molecule is CCCCCCCCCCCCCCCCCCCCCCCC(=O)OCC(COC(=O)CCCCCCC)OC(=O)CCCCCCCCCC. The molecule has 52 heavy (non-hydrogen) atoms. The first-order chi connectivity index (χ1) is 25.5. The maximum atomic E-state index is 12.6. The van der Waals surface area contributed by atoms with Crippen LogP contribution >= 0.6 is 0 Å². The molecule has 0 N–H and O–H groups in total. The summed E-state index contributed by atoms with van der Waals surface area (Å²) in [4.78, 5) is 37.3. The Labute approximate surface area is 323 Å². The summed E-state index contributed by atoms with van der Waals surface area (Å²) >= 11 is 0. The van der Waals surface area contributed by atoms with E-state index in [-0.39, 0.29) is 31.1 Å². The van der Waals surface area contributed by atoms with Crippen molar-refractivity contribution < 1.29 is 28.6 Å². The minimum Gasteiger partial charge on any atom is -0.462 e. The molecule has 0 saturated carbocycles. The molecular formula is C46H88O6. The van der Waals surface area contributed by atoms with Crippen molar-refractivity contribution in [2.24, 2.45) is 0 Å². The molecule has 0 saturated heterocycles. The van der Waals surface area contributed by atoms with Crippen molar-refractivity contribution in [3.8, 4) is 0 Å². The minimum atomic E-state index is -0.755. The number of ether oxygens (including phenoxy) is 3. The van der Waals surface area contributed by atoms with Gasteiger partial charge < -0.3 is 14.2 Å². The zero-order valence-electron chi connectivity index (χ0n) is 35.1. The Morgan fingerprint density at radius 2 is 0.519 bits per heavy atom. The molecule has 6 heteroatoms. The fraction of sp³-hybridized carbons (Fsp3) is 0.935. The van der Waals surface area contributed by atoms with Gasteiger partial charge in [-0.2, -0.15) is 0 Å². The van der Waals surface area contributed by atoms with Crippen LogP contribution in [0.2, 0.25) is 0 Å². The summed E-state index contributed by atoms with van der Waals surface area (Å²) in [6, 6.07) is 0. The number of hydrogen-bond donors (Lipinski definition) is 0. The molecule has 0 radical (unpaired) electrons. The molecule has 0 aliphatic rings. The lowest BCUT2D eigenvalue weighted by molar-refractivity contribution is -0.167. The number of rotatable bonds is 42. The fourth-order valence-corrected chi connectivity index (χ4v) is 6.85. The molecule has 0 amide bonds. The van der Waals surface area contributed by atoms with Crippen LogP contribution in [0.4, 0.5) is 0 Å². The summed E-state index contributed by atoms with van der Waals surface area (Å²) < 4.78 is 16.5. The Hall–Kier alpha value is -1.59. The molecule has 1 atom stereocenters. The van der Waals surface area contributed by atoms with Gasteiger partial charge in [0.15, 0.2) is 6.10 Å². The van der Waals surface area contributed by atoms with Crippen molar-refractivity contribution in [2.45, 2.75) is 264 Å². The molecule has 6 nitrogen and oxygen atoms in total. The van der Waals surface area contributed by atoms with Gasteiger partial charge in [-0.15, -0.1) is 0 Å². The third-order valence-electron chi connectivity index (χ3n) is 10.4. The van der Waals surface area contributed by atoms with Gasteiger partial charge in [-0.25, -0.2) is 0 Å². The van der Waals surface area contributed by atoms with E-state index in [0.717, 1.165) is 64.2 Å². The maximum absolute atomic E-state index is 12.6. The van der Waals surface area contributed by atoms with Crippen molar-refractivity contribution in [2.75, 3.05) is 13.2 Å². The first kappa shape index (κ1) is 50.4. The molecule has 0 aliphatic heterocycles. The van der Waals surface area contributed by atoms with Gasteiger partial charge >= 0.3 is 17.9 Å². The molecule has 0 aromatic rings. The van der Waals surface area contributed by atoms with Crippen LogP contribution in [0, 0.1) is 0 Å². The Bertz CT molecular complexity index is 768. The summed E-state index contributed by atoms with van der Waals surface area (Å²) in [5, 5.41) is 0. The van der Waals surface area contributed by atoms with Crippen LogP contribution in [0.3, 0.4) is 0 Å². The van der Waals surface area contributed by atoms with E-state index >= 15 is 0 Å². The topological polar surface area (TPSA) is 78.9 Å². The maximum Gasteiger partial charge on any atom is 0.306 e. The van der Waals surface area contributed by atoms with Gasteiger partial charge in [0.1, 0.15) is 13.2 Å². The van der Waals surface area contributed by atoms with Gasteiger partial charge in [-0.1, -0.05) is 220 Å². The lowest BCUT2D eigenvalue weighted by Gasteiger charge is -2.18. The van der Waals surface area contributed by atoms with Gasteiger partial charge in [0, 0.05) is 19.3 Å². The minimum absolute atomic E-state index is 0.0644. The van der Waals surface area contributed by atoms with Crippen LogP contribution in [0.5, 0.6) is 0 Å². The molecule has 0 bridgehead atoms. The summed E-state index contributed by atoms with van der Waals surface area (Å²) in [7, 11) is 0. The number of hydrogen-bond acceptors (Lipinski definition) is 6. The largest absolute Gasteiger partial charge is 0.462 e. The van der Waals surface area contributed by atoms with Crippen molar-refractivity contribution in [1.29, 1.82) is 0 Å². The number of esters is 3. The first-order valence-electron chi connectivity index (χ1n) is 23.0. The zero-order chi connectivity index (χ0) is 38.0. The monoisotopic (exact) mass is 737 g/mol. The average Bonchev–Trinajstić information content (AvgIpc) is 3.14. The third-order valence-corrected chi connectivity index (χ3v) is 10.4. The Morgan fingerprint density at radius 3 is 0.769 bits per heavy atom. The molecule has 0 rings (SSSR count). The second-order valence-corrected chi connectivity index (χ2v) is 15.7. The molecule has 0 spiro atoms. The summed E-state index contributed by atoms with van der Waals surface area (Å²) in [5.41, 5.74) is 0. The second kappa shape index (κ2) is 42.2. The molecule has 308 valence electrons. The predicted octanol–water partition coefficient (Wildman–Crippen LogP) is 14.5. The van der Waals surface area contributed by atoms with Crippen molar-refractivity contribution in [3.63, 3.8) is 0 Å².